The van der Waals surface area contributed by atoms with Crippen LogP contribution in [0.1, 0.15) is 5.69 Å². The van der Waals surface area contributed by atoms with Crippen molar-refractivity contribution in [2.24, 2.45) is 0 Å². The number of halogens is 2. The van der Waals surface area contributed by atoms with E-state index in [0.29, 0.717) is 17.0 Å². The van der Waals surface area contributed by atoms with Crippen LogP contribution < -0.4 is 4.72 Å². The molecule has 0 radical (unpaired) electrons. The maximum atomic E-state index is 12.1. The third-order valence-corrected chi connectivity index (χ3v) is 5.49. The van der Waals surface area contributed by atoms with Crippen molar-refractivity contribution in [1.29, 1.82) is 0 Å². The predicted octanol–water partition coefficient (Wildman–Crippen LogP) is 2.86. The summed E-state index contributed by atoms with van der Waals surface area (Å²) in [5, 5.41) is 10.7. The number of anilines is 1. The molecule has 0 aliphatic heterocycles. The number of nitrogens with one attached hydrogen (secondary N) is 1. The zero-order valence-corrected chi connectivity index (χ0v) is 13.3. The minimum atomic E-state index is -4.09. The van der Waals surface area contributed by atoms with Gasteiger partial charge in [0.2, 0.25) is 5.95 Å². The molecule has 0 aliphatic rings. The Morgan fingerprint density at radius 1 is 1.33 bits per heavy atom. The molecule has 2 aromatic rings. The third-order valence-electron chi connectivity index (χ3n) is 2.16. The number of rotatable bonds is 4. The van der Waals surface area contributed by atoms with Crippen molar-refractivity contribution >= 4 is 56.2 Å². The van der Waals surface area contributed by atoms with Crippen molar-refractivity contribution in [3.8, 4) is 0 Å². The van der Waals surface area contributed by atoms with E-state index in [1.807, 2.05) is 0 Å². The van der Waals surface area contributed by atoms with E-state index in [1.165, 1.54) is 6.07 Å². The van der Waals surface area contributed by atoms with Gasteiger partial charge in [-0.05, 0) is 13.0 Å². The monoisotopic (exact) mass is 368 g/mol. The van der Waals surface area contributed by atoms with Crippen molar-refractivity contribution in [1.82, 2.24) is 9.97 Å². The minimum absolute atomic E-state index is 0.0652. The second-order valence-electron chi connectivity index (χ2n) is 3.74. The molecular weight excluding hydrogens is 363 g/mol. The number of nitro groups is 1. The molecule has 0 unspecified atom stereocenters. The van der Waals surface area contributed by atoms with E-state index in [9.17, 15) is 18.5 Å². The Kier molecular flexibility index (Phi) is 4.33. The molecule has 8 nitrogen and oxygen atoms in total. The highest BCUT2D eigenvalue weighted by Gasteiger charge is 2.26. The maximum absolute atomic E-state index is 12.1. The Labute approximate surface area is 133 Å². The summed E-state index contributed by atoms with van der Waals surface area (Å²) in [7, 11) is -4.09. The van der Waals surface area contributed by atoms with E-state index in [4.69, 9.17) is 23.2 Å². The molecule has 0 fully saturated rings. The minimum Gasteiger partial charge on any atom is -0.258 e. The van der Waals surface area contributed by atoms with Gasteiger partial charge in [0.25, 0.3) is 15.7 Å². The van der Waals surface area contributed by atoms with E-state index in [-0.39, 0.29) is 19.6 Å². The largest absolute Gasteiger partial charge is 0.300 e. The molecule has 0 aliphatic carbocycles. The molecule has 112 valence electrons. The molecule has 0 atom stereocenters. The summed E-state index contributed by atoms with van der Waals surface area (Å²) >= 11 is 11.9. The van der Waals surface area contributed by atoms with Gasteiger partial charge in [0.15, 0.2) is 4.34 Å². The highest BCUT2D eigenvalue weighted by molar-refractivity contribution is 7.94. The van der Waals surface area contributed by atoms with Gasteiger partial charge in [-0.15, -0.1) is 11.3 Å². The first kappa shape index (κ1) is 15.9. The van der Waals surface area contributed by atoms with Crippen LogP contribution in [0.4, 0.5) is 11.6 Å². The fraction of sp³-hybridized carbons (Fsp3) is 0.111. The molecule has 2 heterocycles. The lowest BCUT2D eigenvalue weighted by Gasteiger charge is -2.05. The fourth-order valence-electron chi connectivity index (χ4n) is 1.34. The first-order valence-corrected chi connectivity index (χ1v) is 8.22. The molecule has 0 spiro atoms. The van der Waals surface area contributed by atoms with Crippen LogP contribution in [0.25, 0.3) is 0 Å². The van der Waals surface area contributed by atoms with Crippen molar-refractivity contribution < 1.29 is 13.3 Å². The van der Waals surface area contributed by atoms with Gasteiger partial charge in [0, 0.05) is 11.8 Å². The fourth-order valence-corrected chi connectivity index (χ4v) is 4.19. The second-order valence-corrected chi connectivity index (χ2v) is 7.69. The number of hydrogen-bond acceptors (Lipinski definition) is 7. The lowest BCUT2D eigenvalue weighted by Crippen LogP contribution is -2.14. The van der Waals surface area contributed by atoms with Gasteiger partial charge in [-0.25, -0.2) is 23.1 Å². The van der Waals surface area contributed by atoms with E-state index >= 15 is 0 Å². The van der Waals surface area contributed by atoms with Gasteiger partial charge in [0.1, 0.15) is 9.36 Å². The van der Waals surface area contributed by atoms with Crippen molar-refractivity contribution in [3.05, 3.63) is 37.4 Å². The number of aryl methyl sites for hydroxylation is 1. The molecule has 1 N–H and O–H groups in total. The first-order valence-electron chi connectivity index (χ1n) is 5.17. The van der Waals surface area contributed by atoms with Crippen LogP contribution in [-0.4, -0.2) is 23.3 Å². The van der Waals surface area contributed by atoms with Crippen molar-refractivity contribution in [2.45, 2.75) is 11.1 Å². The van der Waals surface area contributed by atoms with Crippen LogP contribution in [0.3, 0.4) is 0 Å². The topological polar surface area (TPSA) is 115 Å². The molecule has 0 aromatic carbocycles. The molecule has 2 aromatic heterocycles. The van der Waals surface area contributed by atoms with E-state index < -0.39 is 20.6 Å². The molecule has 2 rings (SSSR count). The lowest BCUT2D eigenvalue weighted by molar-refractivity contribution is -0.384. The Morgan fingerprint density at radius 3 is 2.52 bits per heavy atom. The quantitative estimate of drug-likeness (QED) is 0.503. The van der Waals surface area contributed by atoms with Crippen molar-refractivity contribution in [3.63, 3.8) is 0 Å². The Bertz CT molecular complexity index is 801. The molecule has 21 heavy (non-hydrogen) atoms. The van der Waals surface area contributed by atoms with E-state index in [2.05, 4.69) is 14.7 Å². The van der Waals surface area contributed by atoms with Gasteiger partial charge in [0.05, 0.1) is 4.92 Å². The summed E-state index contributed by atoms with van der Waals surface area (Å²) in [6.45, 7) is 1.61. The standard InChI is InChI=1S/C9H6Cl2N4O4S2/c1-4-2-6(10)13-9(12-4)14-21(18,19)7-3-5(15(16)17)8(11)20-7/h2-3H,1H3,(H,12,13,14). The summed E-state index contributed by atoms with van der Waals surface area (Å²) in [6.07, 6.45) is 0. The van der Waals surface area contributed by atoms with Crippen LogP contribution in [0.2, 0.25) is 9.49 Å². The predicted molar refractivity (Wildman–Crippen MR) is 78.6 cm³/mol. The molecule has 12 heteroatoms. The van der Waals surface area contributed by atoms with Crippen LogP contribution in [0, 0.1) is 17.0 Å². The van der Waals surface area contributed by atoms with Crippen LogP contribution >= 0.6 is 34.5 Å². The van der Waals surface area contributed by atoms with Gasteiger partial charge in [-0.2, -0.15) is 0 Å². The highest BCUT2D eigenvalue weighted by atomic mass is 35.5. The molecule has 0 saturated carbocycles. The lowest BCUT2D eigenvalue weighted by atomic mass is 10.5. The van der Waals surface area contributed by atoms with E-state index in [1.54, 1.807) is 6.92 Å². The molecule has 0 amide bonds. The Morgan fingerprint density at radius 2 is 2.00 bits per heavy atom. The highest BCUT2D eigenvalue weighted by Crippen LogP contribution is 2.36. The van der Waals surface area contributed by atoms with Gasteiger partial charge < -0.3 is 0 Å². The van der Waals surface area contributed by atoms with Crippen molar-refractivity contribution in [2.75, 3.05) is 4.72 Å². The smallest absolute Gasteiger partial charge is 0.258 e. The summed E-state index contributed by atoms with van der Waals surface area (Å²) in [4.78, 5) is 17.5. The Balaban J connectivity index is 2.38. The summed E-state index contributed by atoms with van der Waals surface area (Å²) < 4.78 is 25.8. The number of nitrogens with zero attached hydrogens (tertiary/aromatic N) is 3. The number of sulfonamides is 1. The van der Waals surface area contributed by atoms with Crippen LogP contribution in [-0.2, 0) is 10.0 Å². The SMILES string of the molecule is Cc1cc(Cl)nc(NS(=O)(=O)c2cc([N+](=O)[O-])c(Cl)s2)n1. The molecular formula is C9H6Cl2N4O4S2. The maximum Gasteiger partial charge on any atom is 0.300 e. The second kappa shape index (κ2) is 5.72. The zero-order valence-electron chi connectivity index (χ0n) is 10.2. The third kappa shape index (κ3) is 3.59. The van der Waals surface area contributed by atoms with E-state index in [0.717, 1.165) is 6.07 Å². The zero-order chi connectivity index (χ0) is 15.8. The van der Waals surface area contributed by atoms with Crippen LogP contribution in [0.5, 0.6) is 0 Å². The first-order chi connectivity index (χ1) is 9.69. The Hall–Kier alpha value is -1.49. The molecule has 0 saturated heterocycles. The van der Waals surface area contributed by atoms with Gasteiger partial charge in [-0.3, -0.25) is 10.1 Å². The van der Waals surface area contributed by atoms with Crippen LogP contribution in [0.15, 0.2) is 16.3 Å². The number of thiophene rings is 1. The van der Waals surface area contributed by atoms with Gasteiger partial charge >= 0.3 is 0 Å². The summed E-state index contributed by atoms with van der Waals surface area (Å²) in [5.41, 5.74) is -0.0203. The summed E-state index contributed by atoms with van der Waals surface area (Å²) in [6, 6.07) is 2.32. The number of aromatic nitrogens is 2. The summed E-state index contributed by atoms with van der Waals surface area (Å²) in [5.74, 6) is -0.229. The normalized spacial score (nSPS) is 11.4. The van der Waals surface area contributed by atoms with Gasteiger partial charge in [-0.1, -0.05) is 23.2 Å². The average molecular weight is 369 g/mol. The number of hydrogen-bond donors (Lipinski definition) is 1. The average Bonchev–Trinajstić information content (AvgIpc) is 2.70. The molecule has 0 bridgehead atoms.